The summed E-state index contributed by atoms with van der Waals surface area (Å²) in [5.41, 5.74) is 9.62. The molecule has 92 valence electrons. The van der Waals surface area contributed by atoms with Crippen LogP contribution in [0.15, 0.2) is 38.2 Å². The van der Waals surface area contributed by atoms with Crippen molar-refractivity contribution in [3.8, 4) is 0 Å². The number of hydrogen-bond acceptors (Lipinski definition) is 3. The van der Waals surface area contributed by atoms with Crippen molar-refractivity contribution in [2.75, 3.05) is 0 Å². The third-order valence-corrected chi connectivity index (χ3v) is 4.37. The first-order valence-electron chi connectivity index (χ1n) is 5.35. The second-order valence-electron chi connectivity index (χ2n) is 4.05. The number of thiophene rings is 1. The molecule has 0 aliphatic rings. The largest absolute Gasteiger partial charge is 0.323 e. The number of fused-ring (bicyclic) bond motifs is 1. The van der Waals surface area contributed by atoms with E-state index in [0.29, 0.717) is 0 Å². The van der Waals surface area contributed by atoms with Crippen LogP contribution in [0.25, 0.3) is 11.0 Å². The normalized spacial score (nSPS) is 13.0. The molecule has 6 heteroatoms. The van der Waals surface area contributed by atoms with Gasteiger partial charge in [-0.1, -0.05) is 6.07 Å². The molecule has 0 saturated heterocycles. The molecule has 1 atom stereocenters. The monoisotopic (exact) mass is 323 g/mol. The van der Waals surface area contributed by atoms with Crippen molar-refractivity contribution in [2.24, 2.45) is 5.73 Å². The van der Waals surface area contributed by atoms with E-state index in [9.17, 15) is 4.79 Å². The third kappa shape index (κ3) is 2.03. The molecule has 0 fully saturated rings. The lowest BCUT2D eigenvalue weighted by atomic mass is 10.0. The standard InChI is InChI=1S/C12H10BrN3OS/c13-10-4-7(5-18-10)11(14)6-1-2-8-9(3-6)16-12(17)15-8/h1-5,11H,14H2,(H2,15,16,17). The van der Waals surface area contributed by atoms with Crippen molar-refractivity contribution in [1.82, 2.24) is 9.97 Å². The highest BCUT2D eigenvalue weighted by Crippen LogP contribution is 2.28. The molecule has 0 bridgehead atoms. The average molecular weight is 324 g/mol. The third-order valence-electron chi connectivity index (χ3n) is 2.85. The molecular weight excluding hydrogens is 314 g/mol. The van der Waals surface area contributed by atoms with Crippen LogP contribution < -0.4 is 11.4 Å². The van der Waals surface area contributed by atoms with E-state index in [4.69, 9.17) is 5.73 Å². The van der Waals surface area contributed by atoms with Crippen molar-refractivity contribution in [1.29, 1.82) is 0 Å². The lowest BCUT2D eigenvalue weighted by Gasteiger charge is -2.10. The molecular formula is C12H10BrN3OS. The second kappa shape index (κ2) is 4.38. The number of rotatable bonds is 2. The first-order valence-corrected chi connectivity index (χ1v) is 7.02. The molecule has 4 nitrogen and oxygen atoms in total. The highest BCUT2D eigenvalue weighted by atomic mass is 79.9. The number of halogens is 1. The topological polar surface area (TPSA) is 74.7 Å². The zero-order valence-corrected chi connectivity index (χ0v) is 11.6. The molecule has 3 rings (SSSR count). The van der Waals surface area contributed by atoms with Gasteiger partial charge >= 0.3 is 5.69 Å². The molecule has 0 spiro atoms. The van der Waals surface area contributed by atoms with Gasteiger partial charge in [-0.3, -0.25) is 0 Å². The van der Waals surface area contributed by atoms with E-state index in [2.05, 4.69) is 25.9 Å². The first kappa shape index (κ1) is 11.7. The smallest absolute Gasteiger partial charge is 0.320 e. The van der Waals surface area contributed by atoms with E-state index in [-0.39, 0.29) is 11.7 Å². The maximum absolute atomic E-state index is 11.2. The predicted molar refractivity (Wildman–Crippen MR) is 77.0 cm³/mol. The van der Waals surface area contributed by atoms with Crippen LogP contribution in [0.2, 0.25) is 0 Å². The molecule has 2 aromatic heterocycles. The Kier molecular flexibility index (Phi) is 2.85. The van der Waals surface area contributed by atoms with Gasteiger partial charge in [-0.05, 0) is 50.6 Å². The minimum absolute atomic E-state index is 0.185. The van der Waals surface area contributed by atoms with Gasteiger partial charge in [0.2, 0.25) is 0 Å². The number of H-pyrrole nitrogens is 2. The SMILES string of the molecule is NC(c1csc(Br)c1)c1ccc2[nH]c(=O)[nH]c2c1. The van der Waals surface area contributed by atoms with Crippen LogP contribution in [0.4, 0.5) is 0 Å². The maximum atomic E-state index is 11.2. The number of nitrogens with two attached hydrogens (primary N) is 1. The van der Waals surface area contributed by atoms with Crippen molar-refractivity contribution in [2.45, 2.75) is 6.04 Å². The zero-order chi connectivity index (χ0) is 12.7. The van der Waals surface area contributed by atoms with Gasteiger partial charge < -0.3 is 15.7 Å². The molecule has 4 N–H and O–H groups in total. The van der Waals surface area contributed by atoms with Crippen LogP contribution in [-0.4, -0.2) is 9.97 Å². The fourth-order valence-electron chi connectivity index (χ4n) is 1.92. The molecule has 0 aliphatic carbocycles. The molecule has 0 aliphatic heterocycles. The number of hydrogen-bond donors (Lipinski definition) is 3. The highest BCUT2D eigenvalue weighted by molar-refractivity contribution is 9.11. The van der Waals surface area contributed by atoms with Crippen molar-refractivity contribution in [3.63, 3.8) is 0 Å². The maximum Gasteiger partial charge on any atom is 0.323 e. The number of benzene rings is 1. The van der Waals surface area contributed by atoms with Crippen LogP contribution in [0.1, 0.15) is 17.2 Å². The quantitative estimate of drug-likeness (QED) is 0.678. The lowest BCUT2D eigenvalue weighted by Crippen LogP contribution is -2.10. The van der Waals surface area contributed by atoms with Gasteiger partial charge in [0.15, 0.2) is 0 Å². The van der Waals surface area contributed by atoms with Gasteiger partial charge in [0, 0.05) is 0 Å². The Morgan fingerprint density at radius 1 is 1.17 bits per heavy atom. The second-order valence-corrected chi connectivity index (χ2v) is 6.34. The number of nitrogens with one attached hydrogen (secondary N) is 2. The van der Waals surface area contributed by atoms with E-state index in [0.717, 1.165) is 25.9 Å². The summed E-state index contributed by atoms with van der Waals surface area (Å²) in [6.07, 6.45) is 0. The summed E-state index contributed by atoms with van der Waals surface area (Å²) >= 11 is 5.03. The summed E-state index contributed by atoms with van der Waals surface area (Å²) in [5.74, 6) is 0. The number of aromatic amines is 2. The molecule has 18 heavy (non-hydrogen) atoms. The van der Waals surface area contributed by atoms with Gasteiger partial charge in [0.25, 0.3) is 0 Å². The van der Waals surface area contributed by atoms with Crippen molar-refractivity contribution in [3.05, 3.63) is 55.0 Å². The fraction of sp³-hybridized carbons (Fsp3) is 0.0833. The Morgan fingerprint density at radius 2 is 1.94 bits per heavy atom. The van der Waals surface area contributed by atoms with Gasteiger partial charge in [-0.2, -0.15) is 0 Å². The summed E-state index contributed by atoms with van der Waals surface area (Å²) < 4.78 is 1.06. The molecule has 0 saturated carbocycles. The minimum atomic E-state index is -0.200. The Labute approximate surface area is 115 Å². The van der Waals surface area contributed by atoms with Crippen molar-refractivity contribution < 1.29 is 0 Å². The van der Waals surface area contributed by atoms with E-state index in [1.54, 1.807) is 11.3 Å². The Balaban J connectivity index is 2.05. The first-order chi connectivity index (χ1) is 8.63. The van der Waals surface area contributed by atoms with Gasteiger partial charge in [-0.25, -0.2) is 4.79 Å². The molecule has 0 amide bonds. The molecule has 1 unspecified atom stereocenters. The van der Waals surface area contributed by atoms with Gasteiger partial charge in [0.05, 0.1) is 20.9 Å². The average Bonchev–Trinajstić information content (AvgIpc) is 2.92. The van der Waals surface area contributed by atoms with E-state index in [1.165, 1.54) is 0 Å². The van der Waals surface area contributed by atoms with Crippen molar-refractivity contribution >= 4 is 38.3 Å². The van der Waals surface area contributed by atoms with Crippen LogP contribution in [0.5, 0.6) is 0 Å². The zero-order valence-electron chi connectivity index (χ0n) is 9.24. The molecule has 3 aromatic rings. The number of aromatic nitrogens is 2. The van der Waals surface area contributed by atoms with Gasteiger partial charge in [-0.15, -0.1) is 11.3 Å². The predicted octanol–water partition coefficient (Wildman–Crippen LogP) is 2.73. The molecule has 0 radical (unpaired) electrons. The fourth-order valence-corrected chi connectivity index (χ4v) is 3.13. The summed E-state index contributed by atoms with van der Waals surface area (Å²) in [6, 6.07) is 7.53. The lowest BCUT2D eigenvalue weighted by molar-refractivity contribution is 0.878. The van der Waals surface area contributed by atoms with Crippen LogP contribution in [-0.2, 0) is 0 Å². The Bertz CT molecular complexity index is 758. The van der Waals surface area contributed by atoms with Gasteiger partial charge in [0.1, 0.15) is 0 Å². The molecule has 2 heterocycles. The van der Waals surface area contributed by atoms with E-state index in [1.807, 2.05) is 29.6 Å². The highest BCUT2D eigenvalue weighted by Gasteiger charge is 2.11. The van der Waals surface area contributed by atoms with Crippen LogP contribution in [0, 0.1) is 0 Å². The van der Waals surface area contributed by atoms with Crippen LogP contribution >= 0.6 is 27.3 Å². The summed E-state index contributed by atoms with van der Waals surface area (Å²) in [6.45, 7) is 0. The summed E-state index contributed by atoms with van der Waals surface area (Å²) in [4.78, 5) is 16.6. The Hall–Kier alpha value is -1.37. The Morgan fingerprint density at radius 3 is 2.67 bits per heavy atom. The molecule has 1 aromatic carbocycles. The minimum Gasteiger partial charge on any atom is -0.320 e. The van der Waals surface area contributed by atoms with E-state index < -0.39 is 0 Å². The summed E-state index contributed by atoms with van der Waals surface area (Å²) in [7, 11) is 0. The van der Waals surface area contributed by atoms with E-state index >= 15 is 0 Å². The summed E-state index contributed by atoms with van der Waals surface area (Å²) in [5, 5.41) is 2.03. The van der Waals surface area contributed by atoms with Crippen LogP contribution in [0.3, 0.4) is 0 Å². The number of imidazole rings is 1.